The first kappa shape index (κ1) is 17.2. The topological polar surface area (TPSA) is 67.6 Å². The highest BCUT2D eigenvalue weighted by Gasteiger charge is 2.20. The minimum atomic E-state index is -0.434. The maximum Gasteiger partial charge on any atom is 0.410 e. The maximum atomic E-state index is 11.8. The molecule has 0 bridgehead atoms. The van der Waals surface area contributed by atoms with Gasteiger partial charge in [-0.3, -0.25) is 0 Å². The van der Waals surface area contributed by atoms with E-state index in [0.29, 0.717) is 25.7 Å². The summed E-state index contributed by atoms with van der Waals surface area (Å²) in [7, 11) is 0. The summed E-state index contributed by atoms with van der Waals surface area (Å²) in [6.07, 6.45) is 0.661. The number of hydrogen-bond acceptors (Lipinski definition) is 4. The highest BCUT2D eigenvalue weighted by atomic mass is 16.6. The average Bonchev–Trinajstić information content (AvgIpc) is 2.26. The van der Waals surface area contributed by atoms with Crippen molar-refractivity contribution in [3.05, 3.63) is 0 Å². The van der Waals surface area contributed by atoms with Crippen molar-refractivity contribution in [1.29, 1.82) is 0 Å². The number of nitrogens with zero attached hydrogens (tertiary/aromatic N) is 1. The third kappa shape index (κ3) is 8.31. The highest BCUT2D eigenvalue weighted by Crippen LogP contribution is 2.09. The first-order valence-corrected chi connectivity index (χ1v) is 6.71. The van der Waals surface area contributed by atoms with Crippen molar-refractivity contribution in [1.82, 2.24) is 10.2 Å². The lowest BCUT2D eigenvalue weighted by molar-refractivity contribution is 0.0258. The van der Waals surface area contributed by atoms with E-state index in [9.17, 15) is 4.79 Å². The summed E-state index contributed by atoms with van der Waals surface area (Å²) in [5.41, 5.74) is 5.08. The van der Waals surface area contributed by atoms with Crippen LogP contribution >= 0.6 is 0 Å². The normalized spacial score (nSPS) is 13.2. The molecule has 0 aliphatic carbocycles. The second-order valence-corrected chi connectivity index (χ2v) is 5.50. The number of hydrogen-bond donors (Lipinski definition) is 2. The fourth-order valence-electron chi connectivity index (χ4n) is 1.41. The van der Waals surface area contributed by atoms with Crippen LogP contribution in [0.2, 0.25) is 0 Å². The number of carbonyl (C=O) groups excluding carboxylic acids is 1. The second-order valence-electron chi connectivity index (χ2n) is 5.50. The van der Waals surface area contributed by atoms with Crippen LogP contribution in [0.25, 0.3) is 0 Å². The van der Waals surface area contributed by atoms with E-state index in [4.69, 9.17) is 10.5 Å². The average molecular weight is 259 g/mol. The molecule has 1 atom stereocenters. The van der Waals surface area contributed by atoms with Crippen LogP contribution in [0, 0.1) is 0 Å². The molecule has 1 unspecified atom stereocenters. The Morgan fingerprint density at radius 2 is 2.06 bits per heavy atom. The minimum Gasteiger partial charge on any atom is -0.444 e. The zero-order chi connectivity index (χ0) is 14.2. The molecule has 3 N–H and O–H groups in total. The largest absolute Gasteiger partial charge is 0.444 e. The number of carbonyl (C=O) groups is 1. The van der Waals surface area contributed by atoms with E-state index in [1.54, 1.807) is 4.90 Å². The number of ether oxygens (including phenoxy) is 1. The van der Waals surface area contributed by atoms with E-state index < -0.39 is 5.60 Å². The van der Waals surface area contributed by atoms with Gasteiger partial charge in [0, 0.05) is 25.7 Å². The fourth-order valence-corrected chi connectivity index (χ4v) is 1.41. The van der Waals surface area contributed by atoms with Gasteiger partial charge in [0.05, 0.1) is 0 Å². The summed E-state index contributed by atoms with van der Waals surface area (Å²) in [6.45, 7) is 12.5. The van der Waals surface area contributed by atoms with Gasteiger partial charge in [0.25, 0.3) is 0 Å². The third-order valence-electron chi connectivity index (χ3n) is 2.48. The molecular formula is C13H29N3O2. The van der Waals surface area contributed by atoms with Crippen molar-refractivity contribution >= 4 is 6.09 Å². The Balaban J connectivity index is 3.93. The number of nitrogens with two attached hydrogens (primary N) is 1. The van der Waals surface area contributed by atoms with E-state index in [1.807, 2.05) is 34.6 Å². The molecule has 0 rings (SSSR count). The molecule has 0 saturated carbocycles. The molecule has 5 heteroatoms. The zero-order valence-electron chi connectivity index (χ0n) is 12.5. The fraction of sp³-hybridized carbons (Fsp3) is 0.923. The van der Waals surface area contributed by atoms with E-state index in [2.05, 4.69) is 5.32 Å². The summed E-state index contributed by atoms with van der Waals surface area (Å²) < 4.78 is 5.34. The lowest BCUT2D eigenvalue weighted by Gasteiger charge is -2.26. The van der Waals surface area contributed by atoms with Crippen molar-refractivity contribution in [2.24, 2.45) is 5.73 Å². The van der Waals surface area contributed by atoms with Crippen molar-refractivity contribution in [2.45, 2.75) is 52.7 Å². The van der Waals surface area contributed by atoms with Crippen molar-refractivity contribution in [2.75, 3.05) is 26.2 Å². The van der Waals surface area contributed by atoms with Crippen LogP contribution in [0.1, 0.15) is 41.0 Å². The summed E-state index contributed by atoms with van der Waals surface area (Å²) in [4.78, 5) is 13.6. The molecule has 0 spiro atoms. The first-order valence-electron chi connectivity index (χ1n) is 6.71. The van der Waals surface area contributed by atoms with Crippen LogP contribution in [0.4, 0.5) is 4.79 Å². The van der Waals surface area contributed by atoms with Gasteiger partial charge in [0.1, 0.15) is 5.60 Å². The number of nitrogens with one attached hydrogen (secondary N) is 1. The van der Waals surface area contributed by atoms with Gasteiger partial charge in [0.15, 0.2) is 0 Å². The Hall–Kier alpha value is -0.810. The Labute approximate surface area is 111 Å². The lowest BCUT2D eigenvalue weighted by atomic mass is 10.2. The summed E-state index contributed by atoms with van der Waals surface area (Å²) >= 11 is 0. The Morgan fingerprint density at radius 1 is 1.44 bits per heavy atom. The summed E-state index contributed by atoms with van der Waals surface area (Å²) in [5, 5.41) is 3.30. The minimum absolute atomic E-state index is 0.239. The van der Waals surface area contributed by atoms with Crippen LogP contribution in [0.5, 0.6) is 0 Å². The number of amides is 1. The Kier molecular flexibility index (Phi) is 7.95. The van der Waals surface area contributed by atoms with Gasteiger partial charge in [-0.2, -0.15) is 0 Å². The molecule has 0 aromatic rings. The predicted octanol–water partition coefficient (Wildman–Crippen LogP) is 1.57. The van der Waals surface area contributed by atoms with Gasteiger partial charge in [-0.25, -0.2) is 4.79 Å². The van der Waals surface area contributed by atoms with Crippen molar-refractivity contribution in [3.63, 3.8) is 0 Å². The molecule has 5 nitrogen and oxygen atoms in total. The van der Waals surface area contributed by atoms with Crippen LogP contribution < -0.4 is 11.1 Å². The molecule has 1 amide bonds. The Bertz CT molecular complexity index is 239. The van der Waals surface area contributed by atoms with Crippen LogP contribution in [0.3, 0.4) is 0 Å². The van der Waals surface area contributed by atoms with E-state index in [-0.39, 0.29) is 6.09 Å². The molecule has 0 heterocycles. The van der Waals surface area contributed by atoms with Crippen molar-refractivity contribution < 1.29 is 9.53 Å². The number of rotatable bonds is 7. The Morgan fingerprint density at radius 3 is 2.50 bits per heavy atom. The van der Waals surface area contributed by atoms with Crippen LogP contribution in [-0.4, -0.2) is 48.8 Å². The highest BCUT2D eigenvalue weighted by molar-refractivity contribution is 5.68. The van der Waals surface area contributed by atoms with E-state index in [1.165, 1.54) is 0 Å². The molecule has 0 radical (unpaired) electrons. The molecule has 0 aromatic carbocycles. The van der Waals surface area contributed by atoms with Crippen LogP contribution in [-0.2, 0) is 4.74 Å². The summed E-state index contributed by atoms with van der Waals surface area (Å²) in [6, 6.07) is 0.321. The van der Waals surface area contributed by atoms with Crippen molar-refractivity contribution in [3.8, 4) is 0 Å². The molecule has 0 aliphatic rings. The second kappa shape index (κ2) is 8.32. The molecule has 0 fully saturated rings. The SMILES string of the molecule is CCN(CCCNC(C)CN)C(=O)OC(C)(C)C. The molecule has 18 heavy (non-hydrogen) atoms. The zero-order valence-corrected chi connectivity index (χ0v) is 12.5. The molecule has 0 saturated heterocycles. The smallest absolute Gasteiger partial charge is 0.410 e. The molecule has 0 aromatic heterocycles. The monoisotopic (exact) mass is 259 g/mol. The predicted molar refractivity (Wildman–Crippen MR) is 74.6 cm³/mol. The van der Waals surface area contributed by atoms with Gasteiger partial charge in [-0.15, -0.1) is 0 Å². The van der Waals surface area contributed by atoms with E-state index in [0.717, 1.165) is 13.0 Å². The quantitative estimate of drug-likeness (QED) is 0.681. The van der Waals surface area contributed by atoms with Gasteiger partial charge < -0.3 is 20.7 Å². The summed E-state index contributed by atoms with van der Waals surface area (Å²) in [5.74, 6) is 0. The van der Waals surface area contributed by atoms with E-state index >= 15 is 0 Å². The molecule has 108 valence electrons. The standard InChI is InChI=1S/C13H29N3O2/c1-6-16(12(17)18-13(3,4)5)9-7-8-15-11(2)10-14/h11,15H,6-10,14H2,1-5H3. The van der Waals surface area contributed by atoms with Gasteiger partial charge in [-0.1, -0.05) is 0 Å². The van der Waals surface area contributed by atoms with Gasteiger partial charge >= 0.3 is 6.09 Å². The lowest BCUT2D eigenvalue weighted by Crippen LogP contribution is -2.39. The molecular weight excluding hydrogens is 230 g/mol. The molecule has 0 aliphatic heterocycles. The maximum absolute atomic E-state index is 11.8. The van der Waals surface area contributed by atoms with Gasteiger partial charge in [0.2, 0.25) is 0 Å². The first-order chi connectivity index (χ1) is 8.30. The van der Waals surface area contributed by atoms with Crippen LogP contribution in [0.15, 0.2) is 0 Å². The van der Waals surface area contributed by atoms with Gasteiger partial charge in [-0.05, 0) is 47.6 Å². The third-order valence-corrected chi connectivity index (χ3v) is 2.48.